The second kappa shape index (κ2) is 15.0. The molecule has 3 aromatic rings. The first-order valence-corrected chi connectivity index (χ1v) is 17.3. The van der Waals surface area contributed by atoms with E-state index >= 15 is 0 Å². The van der Waals surface area contributed by atoms with Crippen molar-refractivity contribution in [3.05, 3.63) is 91.9 Å². The van der Waals surface area contributed by atoms with E-state index in [9.17, 15) is 4.79 Å². The quantitative estimate of drug-likeness (QED) is 0.172. The van der Waals surface area contributed by atoms with Gasteiger partial charge in [-0.2, -0.15) is 0 Å². The van der Waals surface area contributed by atoms with Crippen LogP contribution < -0.4 is 20.1 Å². The molecule has 6 nitrogen and oxygen atoms in total. The zero-order chi connectivity index (χ0) is 31.3. The summed E-state index contributed by atoms with van der Waals surface area (Å²) >= 11 is 19.3. The first-order chi connectivity index (χ1) is 21.9. The van der Waals surface area contributed by atoms with Gasteiger partial charge < -0.3 is 25.0 Å². The number of rotatable bonds is 14. The number of amides is 1. The standard InChI is InChI=1S/C36H42Cl3N3O3/c1-23-16-33(38)35(34(39)17-23)45-15-14-44-29-9-5-26(6-10-29)30-12-13-40-21-31(30)36(43)42(28-7-8-28)22-27-18-25(4-11-32(27)37)20-41-19-24-2-3-24/h4-6,9-11,16-18,24,28,30-31,40-41H,2-3,7-8,12-15,19-22H2,1H3/t30-,31+/m1/s1. The second-order valence-electron chi connectivity index (χ2n) is 12.7. The average molecular weight is 671 g/mol. The molecule has 45 heavy (non-hydrogen) atoms. The molecule has 2 N–H and O–H groups in total. The van der Waals surface area contributed by atoms with E-state index in [0.717, 1.165) is 72.3 Å². The molecular formula is C36H42Cl3N3O3. The van der Waals surface area contributed by atoms with Crippen molar-refractivity contribution < 1.29 is 14.3 Å². The molecule has 3 aliphatic rings. The Bertz CT molecular complexity index is 1450. The lowest BCUT2D eigenvalue weighted by Gasteiger charge is -2.36. The van der Waals surface area contributed by atoms with Gasteiger partial charge in [-0.3, -0.25) is 4.79 Å². The molecule has 9 heteroatoms. The van der Waals surface area contributed by atoms with Crippen molar-refractivity contribution in [1.29, 1.82) is 0 Å². The molecule has 240 valence electrons. The van der Waals surface area contributed by atoms with E-state index < -0.39 is 0 Å². The normalized spacial score (nSPS) is 19.7. The Morgan fingerprint density at radius 3 is 2.36 bits per heavy atom. The number of nitrogens with zero attached hydrogens (tertiary/aromatic N) is 1. The summed E-state index contributed by atoms with van der Waals surface area (Å²) in [7, 11) is 0. The molecule has 1 amide bonds. The van der Waals surface area contributed by atoms with Crippen molar-refractivity contribution in [1.82, 2.24) is 15.5 Å². The zero-order valence-electron chi connectivity index (χ0n) is 25.8. The highest BCUT2D eigenvalue weighted by atomic mass is 35.5. The van der Waals surface area contributed by atoms with Gasteiger partial charge in [0.25, 0.3) is 0 Å². The minimum atomic E-state index is -0.134. The maximum Gasteiger partial charge on any atom is 0.228 e. The molecule has 2 atom stereocenters. The van der Waals surface area contributed by atoms with Crippen molar-refractivity contribution in [3.63, 3.8) is 0 Å². The van der Waals surface area contributed by atoms with Crippen LogP contribution in [0.2, 0.25) is 15.1 Å². The zero-order valence-corrected chi connectivity index (χ0v) is 28.1. The molecule has 1 saturated heterocycles. The number of carbonyl (C=O) groups is 1. The number of hydrogen-bond acceptors (Lipinski definition) is 5. The molecule has 6 rings (SSSR count). The highest BCUT2D eigenvalue weighted by Gasteiger charge is 2.40. The van der Waals surface area contributed by atoms with Crippen LogP contribution in [-0.4, -0.2) is 49.7 Å². The van der Waals surface area contributed by atoms with Gasteiger partial charge >= 0.3 is 0 Å². The van der Waals surface area contributed by atoms with Crippen LogP contribution in [0.15, 0.2) is 54.6 Å². The SMILES string of the molecule is Cc1cc(Cl)c(OCCOc2ccc([C@H]3CCNC[C@@H]3C(=O)N(Cc3cc(CNCC4CC4)ccc3Cl)C3CC3)cc2)c(Cl)c1. The largest absolute Gasteiger partial charge is 0.490 e. The molecule has 2 aliphatic carbocycles. The van der Waals surface area contributed by atoms with Crippen molar-refractivity contribution in [2.24, 2.45) is 11.8 Å². The van der Waals surface area contributed by atoms with E-state index in [4.69, 9.17) is 44.3 Å². The van der Waals surface area contributed by atoms with Crippen LogP contribution in [0.4, 0.5) is 0 Å². The van der Waals surface area contributed by atoms with Gasteiger partial charge in [0.15, 0.2) is 5.75 Å². The number of halogens is 3. The van der Waals surface area contributed by atoms with Crippen LogP contribution >= 0.6 is 34.8 Å². The summed E-state index contributed by atoms with van der Waals surface area (Å²) in [5.74, 6) is 2.28. The Morgan fingerprint density at radius 2 is 1.64 bits per heavy atom. The number of nitrogens with one attached hydrogen (secondary N) is 2. The Hall–Kier alpha value is -2.48. The fraction of sp³-hybridized carbons (Fsp3) is 0.472. The maximum absolute atomic E-state index is 14.2. The number of ether oxygens (including phenoxy) is 2. The molecule has 0 unspecified atom stereocenters. The van der Waals surface area contributed by atoms with Crippen LogP contribution in [0.25, 0.3) is 0 Å². The molecule has 1 aliphatic heterocycles. The lowest BCUT2D eigenvalue weighted by molar-refractivity contribution is -0.138. The lowest BCUT2D eigenvalue weighted by atomic mass is 9.80. The second-order valence-corrected chi connectivity index (χ2v) is 13.9. The summed E-state index contributed by atoms with van der Waals surface area (Å²) in [5, 5.41) is 8.76. The van der Waals surface area contributed by atoms with Gasteiger partial charge in [-0.15, -0.1) is 0 Å². The maximum atomic E-state index is 14.2. The molecule has 0 bridgehead atoms. The Morgan fingerprint density at radius 1 is 0.911 bits per heavy atom. The number of hydrogen-bond donors (Lipinski definition) is 2. The van der Waals surface area contributed by atoms with Crippen LogP contribution in [0.5, 0.6) is 11.5 Å². The summed E-state index contributed by atoms with van der Waals surface area (Å²) in [6, 6.07) is 18.3. The third-order valence-electron chi connectivity index (χ3n) is 9.03. The van der Waals surface area contributed by atoms with Gasteiger partial charge in [0, 0.05) is 30.7 Å². The highest BCUT2D eigenvalue weighted by Crippen LogP contribution is 2.38. The molecule has 0 radical (unpaired) electrons. The molecular weight excluding hydrogens is 629 g/mol. The van der Waals surface area contributed by atoms with Crippen LogP contribution in [0.1, 0.15) is 60.3 Å². The van der Waals surface area contributed by atoms with E-state index in [1.807, 2.05) is 37.3 Å². The van der Waals surface area contributed by atoms with Gasteiger partial charge in [0.05, 0.1) is 16.0 Å². The van der Waals surface area contributed by atoms with Gasteiger partial charge in [-0.05, 0) is 117 Å². The van der Waals surface area contributed by atoms with E-state index in [1.165, 1.54) is 18.4 Å². The van der Waals surface area contributed by atoms with Crippen LogP contribution in [-0.2, 0) is 17.9 Å². The average Bonchev–Trinajstić information content (AvgIpc) is 3.96. The molecule has 3 fully saturated rings. The van der Waals surface area contributed by atoms with Gasteiger partial charge in [-0.25, -0.2) is 0 Å². The molecule has 0 aromatic heterocycles. The smallest absolute Gasteiger partial charge is 0.228 e. The first-order valence-electron chi connectivity index (χ1n) is 16.2. The van der Waals surface area contributed by atoms with E-state index in [0.29, 0.717) is 42.1 Å². The lowest BCUT2D eigenvalue weighted by Crippen LogP contribution is -2.47. The third kappa shape index (κ3) is 8.66. The molecule has 1 heterocycles. The molecule has 0 spiro atoms. The summed E-state index contributed by atoms with van der Waals surface area (Å²) in [5.41, 5.74) is 4.38. The number of carbonyl (C=O) groups excluding carboxylic acids is 1. The van der Waals surface area contributed by atoms with Crippen molar-refractivity contribution >= 4 is 40.7 Å². The number of benzene rings is 3. The number of piperidine rings is 1. The summed E-state index contributed by atoms with van der Waals surface area (Å²) < 4.78 is 11.7. The summed E-state index contributed by atoms with van der Waals surface area (Å²) in [4.78, 5) is 16.3. The Balaban J connectivity index is 1.07. The highest BCUT2D eigenvalue weighted by molar-refractivity contribution is 6.37. The number of aryl methyl sites for hydroxylation is 1. The first kappa shape index (κ1) is 32.5. The van der Waals surface area contributed by atoms with Gasteiger partial charge in [-0.1, -0.05) is 59.1 Å². The van der Waals surface area contributed by atoms with E-state index in [2.05, 4.69) is 39.8 Å². The van der Waals surface area contributed by atoms with Crippen LogP contribution in [0, 0.1) is 18.8 Å². The van der Waals surface area contributed by atoms with Crippen molar-refractivity contribution in [3.8, 4) is 11.5 Å². The van der Waals surface area contributed by atoms with Gasteiger partial charge in [0.2, 0.25) is 5.91 Å². The molecule has 2 saturated carbocycles. The predicted octanol–water partition coefficient (Wildman–Crippen LogP) is 7.80. The minimum absolute atomic E-state index is 0.134. The summed E-state index contributed by atoms with van der Waals surface area (Å²) in [6.45, 7) is 6.61. The third-order valence-corrected chi connectivity index (χ3v) is 9.96. The fourth-order valence-corrected chi connectivity index (χ4v) is 7.11. The van der Waals surface area contributed by atoms with E-state index in [1.54, 1.807) is 0 Å². The topological polar surface area (TPSA) is 62.8 Å². The van der Waals surface area contributed by atoms with Gasteiger partial charge in [0.1, 0.15) is 19.0 Å². The van der Waals surface area contributed by atoms with Crippen molar-refractivity contribution in [2.75, 3.05) is 32.8 Å². The Labute approximate surface area is 281 Å². The minimum Gasteiger partial charge on any atom is -0.490 e. The predicted molar refractivity (Wildman–Crippen MR) is 182 cm³/mol. The van der Waals surface area contributed by atoms with Crippen molar-refractivity contribution in [2.45, 2.75) is 64.1 Å². The fourth-order valence-electron chi connectivity index (χ4n) is 6.23. The Kier molecular flexibility index (Phi) is 10.8. The molecule has 3 aromatic carbocycles. The monoisotopic (exact) mass is 669 g/mol. The van der Waals surface area contributed by atoms with Crippen LogP contribution in [0.3, 0.4) is 0 Å². The summed E-state index contributed by atoms with van der Waals surface area (Å²) in [6.07, 6.45) is 5.68. The van der Waals surface area contributed by atoms with E-state index in [-0.39, 0.29) is 23.8 Å².